The van der Waals surface area contributed by atoms with Crippen molar-refractivity contribution in [3.8, 4) is 0 Å². The minimum absolute atomic E-state index is 0.0111. The quantitative estimate of drug-likeness (QED) is 0.519. The molecule has 0 atom stereocenters. The Bertz CT molecular complexity index is 387. The van der Waals surface area contributed by atoms with Crippen molar-refractivity contribution in [1.29, 1.82) is 0 Å². The van der Waals surface area contributed by atoms with E-state index in [0.29, 0.717) is 0 Å². The fourth-order valence-electron chi connectivity index (χ4n) is 1.07. The average Bonchev–Trinajstić information content (AvgIpc) is 2.14. The number of esters is 1. The van der Waals surface area contributed by atoms with Crippen LogP contribution in [0.3, 0.4) is 0 Å². The van der Waals surface area contributed by atoms with E-state index in [1.165, 1.54) is 0 Å². The largest absolute Gasteiger partial charge is 0.465 e. The Labute approximate surface area is 85.4 Å². The molecule has 1 aromatic carbocycles. The first-order valence-electron chi connectivity index (χ1n) is 3.91. The molecule has 0 bridgehead atoms. The molecule has 0 aliphatic rings. The molecule has 2 nitrogen and oxygen atoms in total. The zero-order chi connectivity index (χ0) is 11.6. The lowest BCUT2D eigenvalue weighted by molar-refractivity contribution is -0.136. The van der Waals surface area contributed by atoms with E-state index in [1.54, 1.807) is 0 Å². The van der Waals surface area contributed by atoms with Crippen molar-refractivity contribution in [1.82, 2.24) is 0 Å². The summed E-state index contributed by atoms with van der Waals surface area (Å²) in [6.07, 6.45) is -4.52. The second-order valence-corrected chi connectivity index (χ2v) is 2.79. The van der Waals surface area contributed by atoms with Gasteiger partial charge in [-0.2, -0.15) is 13.2 Å². The molecule has 0 saturated carbocycles. The van der Waals surface area contributed by atoms with Gasteiger partial charge in [-0.1, -0.05) is 11.5 Å². The number of hydrogen-bond acceptors (Lipinski definition) is 2. The standard InChI is InChI=1S/C9H6BF3O2/c1-15-8(14)5-2-3-6(7(10)4-5)9(11,12)13/h2-4H,1H3. The number of benzene rings is 1. The van der Waals surface area contributed by atoms with Crippen LogP contribution in [0.5, 0.6) is 0 Å². The Kier molecular flexibility index (Phi) is 3.07. The van der Waals surface area contributed by atoms with Crippen molar-refractivity contribution in [3.05, 3.63) is 29.3 Å². The van der Waals surface area contributed by atoms with E-state index >= 15 is 0 Å². The molecule has 0 saturated heterocycles. The molecular formula is C9H6BF3O2. The van der Waals surface area contributed by atoms with Gasteiger partial charge in [-0.05, 0) is 12.1 Å². The molecule has 0 aromatic heterocycles. The Morgan fingerprint density at radius 3 is 2.40 bits per heavy atom. The first-order valence-corrected chi connectivity index (χ1v) is 3.91. The molecule has 15 heavy (non-hydrogen) atoms. The summed E-state index contributed by atoms with van der Waals surface area (Å²) in [5.41, 5.74) is -1.47. The van der Waals surface area contributed by atoms with Gasteiger partial charge in [-0.25, -0.2) is 4.79 Å². The molecule has 1 aromatic rings. The normalized spacial score (nSPS) is 11.2. The Hall–Kier alpha value is -1.46. The van der Waals surface area contributed by atoms with Gasteiger partial charge in [0.25, 0.3) is 0 Å². The third-order valence-corrected chi connectivity index (χ3v) is 1.78. The second kappa shape index (κ2) is 3.96. The molecular weight excluding hydrogens is 208 g/mol. The lowest BCUT2D eigenvalue weighted by Crippen LogP contribution is -2.21. The lowest BCUT2D eigenvalue weighted by Gasteiger charge is -2.11. The number of hydrogen-bond donors (Lipinski definition) is 0. The van der Waals surface area contributed by atoms with Crippen LogP contribution in [0.1, 0.15) is 15.9 Å². The molecule has 0 amide bonds. The maximum atomic E-state index is 12.3. The molecule has 1 rings (SSSR count). The molecule has 0 aliphatic heterocycles. The van der Waals surface area contributed by atoms with Gasteiger partial charge in [-0.3, -0.25) is 0 Å². The number of carbonyl (C=O) groups excluding carboxylic acids is 1. The van der Waals surface area contributed by atoms with Gasteiger partial charge in [-0.15, -0.1) is 0 Å². The number of rotatable bonds is 1. The molecule has 78 valence electrons. The van der Waals surface area contributed by atoms with Crippen LogP contribution in [0.2, 0.25) is 0 Å². The molecule has 0 unspecified atom stereocenters. The maximum Gasteiger partial charge on any atom is 0.415 e. The van der Waals surface area contributed by atoms with Crippen molar-refractivity contribution in [2.75, 3.05) is 7.11 Å². The highest BCUT2D eigenvalue weighted by Gasteiger charge is 2.32. The van der Waals surface area contributed by atoms with Crippen LogP contribution >= 0.6 is 0 Å². The fraction of sp³-hybridized carbons (Fsp3) is 0.222. The van der Waals surface area contributed by atoms with Gasteiger partial charge in [0.1, 0.15) is 7.85 Å². The van der Waals surface area contributed by atoms with E-state index in [1.807, 2.05) is 0 Å². The van der Waals surface area contributed by atoms with E-state index in [2.05, 4.69) is 4.74 Å². The van der Waals surface area contributed by atoms with Crippen LogP contribution in [0.15, 0.2) is 18.2 Å². The van der Waals surface area contributed by atoms with Crippen molar-refractivity contribution in [3.63, 3.8) is 0 Å². The van der Waals surface area contributed by atoms with Crippen LogP contribution in [-0.2, 0) is 10.9 Å². The van der Waals surface area contributed by atoms with E-state index < -0.39 is 23.2 Å². The van der Waals surface area contributed by atoms with Crippen molar-refractivity contribution >= 4 is 19.3 Å². The van der Waals surface area contributed by atoms with Crippen molar-refractivity contribution in [2.24, 2.45) is 0 Å². The first-order chi connectivity index (χ1) is 6.86. The van der Waals surface area contributed by atoms with Gasteiger partial charge in [0, 0.05) is 5.56 Å². The number of alkyl halides is 3. The molecule has 0 fully saturated rings. The molecule has 0 heterocycles. The predicted octanol–water partition coefficient (Wildman–Crippen LogP) is 1.29. The molecule has 2 radical (unpaired) electrons. The first kappa shape index (κ1) is 11.6. The Morgan fingerprint density at radius 1 is 1.40 bits per heavy atom. The van der Waals surface area contributed by atoms with Crippen LogP contribution in [0.25, 0.3) is 0 Å². The zero-order valence-electron chi connectivity index (χ0n) is 7.76. The minimum atomic E-state index is -4.52. The number of carbonyl (C=O) groups is 1. The van der Waals surface area contributed by atoms with Crippen molar-refractivity contribution in [2.45, 2.75) is 6.18 Å². The fourth-order valence-corrected chi connectivity index (χ4v) is 1.07. The topological polar surface area (TPSA) is 26.3 Å². The third-order valence-electron chi connectivity index (χ3n) is 1.78. The highest BCUT2D eigenvalue weighted by atomic mass is 19.4. The zero-order valence-corrected chi connectivity index (χ0v) is 7.76. The summed E-state index contributed by atoms with van der Waals surface area (Å²) in [6.45, 7) is 0. The monoisotopic (exact) mass is 214 g/mol. The van der Waals surface area contributed by atoms with E-state index in [0.717, 1.165) is 25.3 Å². The molecule has 0 spiro atoms. The summed E-state index contributed by atoms with van der Waals surface area (Å²) in [4.78, 5) is 11.0. The highest BCUT2D eigenvalue weighted by molar-refractivity contribution is 6.33. The molecule has 0 N–H and O–H groups in total. The molecule has 0 aliphatic carbocycles. The molecule has 6 heteroatoms. The maximum absolute atomic E-state index is 12.3. The van der Waals surface area contributed by atoms with Crippen LogP contribution in [0.4, 0.5) is 13.2 Å². The highest BCUT2D eigenvalue weighted by Crippen LogP contribution is 2.27. The summed E-state index contributed by atoms with van der Waals surface area (Å²) >= 11 is 0. The summed E-state index contributed by atoms with van der Waals surface area (Å²) in [5, 5.41) is 0. The van der Waals surface area contributed by atoms with Crippen LogP contribution in [0, 0.1) is 0 Å². The Balaban J connectivity index is 3.15. The average molecular weight is 214 g/mol. The third kappa shape index (κ3) is 2.52. The number of halogens is 3. The predicted molar refractivity (Wildman–Crippen MR) is 48.2 cm³/mol. The smallest absolute Gasteiger partial charge is 0.415 e. The van der Waals surface area contributed by atoms with E-state index in [4.69, 9.17) is 7.85 Å². The van der Waals surface area contributed by atoms with E-state index in [-0.39, 0.29) is 5.56 Å². The summed E-state index contributed by atoms with van der Waals surface area (Å²) < 4.78 is 41.1. The Morgan fingerprint density at radius 2 is 2.00 bits per heavy atom. The van der Waals surface area contributed by atoms with Gasteiger partial charge in [0.15, 0.2) is 0 Å². The van der Waals surface area contributed by atoms with Gasteiger partial charge < -0.3 is 4.74 Å². The SMILES string of the molecule is [B]c1cc(C(=O)OC)ccc1C(F)(F)F. The lowest BCUT2D eigenvalue weighted by atomic mass is 9.88. The van der Waals surface area contributed by atoms with Crippen LogP contribution < -0.4 is 5.46 Å². The summed E-state index contributed by atoms with van der Waals surface area (Å²) in [6, 6.07) is 2.71. The summed E-state index contributed by atoms with van der Waals surface area (Å²) in [5.74, 6) is -0.726. The number of ether oxygens (including phenoxy) is 1. The van der Waals surface area contributed by atoms with Gasteiger partial charge in [0.05, 0.1) is 12.7 Å². The minimum Gasteiger partial charge on any atom is -0.465 e. The van der Waals surface area contributed by atoms with Gasteiger partial charge in [0.2, 0.25) is 0 Å². The van der Waals surface area contributed by atoms with Crippen LogP contribution in [-0.4, -0.2) is 20.9 Å². The number of methoxy groups -OCH3 is 1. The second-order valence-electron chi connectivity index (χ2n) is 2.79. The van der Waals surface area contributed by atoms with Gasteiger partial charge >= 0.3 is 12.1 Å². The van der Waals surface area contributed by atoms with Crippen molar-refractivity contribution < 1.29 is 22.7 Å². The summed E-state index contributed by atoms with van der Waals surface area (Å²) in [7, 11) is 6.31. The van der Waals surface area contributed by atoms with E-state index in [9.17, 15) is 18.0 Å².